The zero-order valence-corrected chi connectivity index (χ0v) is 10.1. The summed E-state index contributed by atoms with van der Waals surface area (Å²) in [4.78, 5) is 11.1. The fraction of sp³-hybridized carbons (Fsp3) is 0.500. The van der Waals surface area contributed by atoms with Gasteiger partial charge in [0.25, 0.3) is 0 Å². The Kier molecular flexibility index (Phi) is 6.33. The Morgan fingerprint density at radius 2 is 1.88 bits per heavy atom. The van der Waals surface area contributed by atoms with E-state index in [4.69, 9.17) is 10.8 Å². The number of benzene rings is 1. The zero-order chi connectivity index (χ0) is 12.5. The third kappa shape index (κ3) is 5.50. The minimum atomic E-state index is -0.693. The predicted octanol–water partition coefficient (Wildman–Crippen LogP) is 2.45. The maximum atomic E-state index is 11.1. The molecule has 0 saturated carbocycles. The number of carboxylic acids is 1. The van der Waals surface area contributed by atoms with Gasteiger partial charge in [0.15, 0.2) is 0 Å². The third-order valence-corrected chi connectivity index (χ3v) is 2.93. The molecular weight excluding hydrogens is 214 g/mol. The molecule has 0 aliphatic carbocycles. The standard InChI is InChI=1S/C14H21NO2/c15-10-6-2-5-9-13(14(16)17)11-12-7-3-1-4-8-12/h1,3-4,7-8,13H,2,5-6,9-11,15H2,(H,16,17)/t13-/m0/s1. The van der Waals surface area contributed by atoms with E-state index in [1.54, 1.807) is 0 Å². The van der Waals surface area contributed by atoms with Crippen molar-refractivity contribution in [3.05, 3.63) is 35.9 Å². The van der Waals surface area contributed by atoms with Crippen molar-refractivity contribution in [2.24, 2.45) is 11.7 Å². The Labute approximate surface area is 103 Å². The van der Waals surface area contributed by atoms with Crippen LogP contribution in [-0.4, -0.2) is 17.6 Å². The molecule has 0 aromatic heterocycles. The molecule has 0 bridgehead atoms. The molecule has 0 spiro atoms. The van der Waals surface area contributed by atoms with Crippen molar-refractivity contribution in [1.82, 2.24) is 0 Å². The number of aliphatic carboxylic acids is 1. The SMILES string of the molecule is NCCCCC[C@@H](Cc1ccccc1)C(=O)O. The Hall–Kier alpha value is -1.35. The molecule has 0 aliphatic heterocycles. The molecule has 3 heteroatoms. The molecule has 3 nitrogen and oxygen atoms in total. The highest BCUT2D eigenvalue weighted by molar-refractivity contribution is 5.70. The number of rotatable bonds is 8. The predicted molar refractivity (Wildman–Crippen MR) is 68.8 cm³/mol. The van der Waals surface area contributed by atoms with Crippen molar-refractivity contribution in [1.29, 1.82) is 0 Å². The molecule has 0 fully saturated rings. The highest BCUT2D eigenvalue weighted by Gasteiger charge is 2.17. The smallest absolute Gasteiger partial charge is 0.306 e. The topological polar surface area (TPSA) is 63.3 Å². The summed E-state index contributed by atoms with van der Waals surface area (Å²) in [6.07, 6.45) is 4.32. The van der Waals surface area contributed by atoms with Gasteiger partial charge in [-0.3, -0.25) is 4.79 Å². The van der Waals surface area contributed by atoms with Crippen LogP contribution in [0.3, 0.4) is 0 Å². The number of unbranched alkanes of at least 4 members (excludes halogenated alkanes) is 2. The fourth-order valence-corrected chi connectivity index (χ4v) is 1.92. The molecule has 0 heterocycles. The summed E-state index contributed by atoms with van der Waals surface area (Å²) in [5.74, 6) is -0.961. The first-order valence-electron chi connectivity index (χ1n) is 6.21. The van der Waals surface area contributed by atoms with Crippen molar-refractivity contribution in [3.63, 3.8) is 0 Å². The van der Waals surface area contributed by atoms with Crippen LogP contribution >= 0.6 is 0 Å². The van der Waals surface area contributed by atoms with Crippen LogP contribution in [0.2, 0.25) is 0 Å². The van der Waals surface area contributed by atoms with E-state index in [0.717, 1.165) is 31.2 Å². The molecule has 0 radical (unpaired) electrons. The van der Waals surface area contributed by atoms with Crippen LogP contribution in [0.25, 0.3) is 0 Å². The molecule has 0 saturated heterocycles. The van der Waals surface area contributed by atoms with Crippen LogP contribution in [0.4, 0.5) is 0 Å². The molecule has 1 rings (SSSR count). The number of carboxylic acid groups (broad SMARTS) is 1. The molecule has 1 aromatic carbocycles. The molecule has 94 valence electrons. The van der Waals surface area contributed by atoms with Crippen molar-refractivity contribution in [3.8, 4) is 0 Å². The van der Waals surface area contributed by atoms with E-state index in [2.05, 4.69) is 0 Å². The van der Waals surface area contributed by atoms with E-state index in [0.29, 0.717) is 13.0 Å². The number of hydrogen-bond acceptors (Lipinski definition) is 2. The Bertz CT molecular complexity index is 324. The lowest BCUT2D eigenvalue weighted by molar-refractivity contribution is -0.142. The summed E-state index contributed by atoms with van der Waals surface area (Å²) in [5, 5.41) is 9.17. The van der Waals surface area contributed by atoms with Gasteiger partial charge in [-0.15, -0.1) is 0 Å². The second-order valence-corrected chi connectivity index (χ2v) is 4.36. The lowest BCUT2D eigenvalue weighted by Crippen LogP contribution is -2.16. The summed E-state index contributed by atoms with van der Waals surface area (Å²) in [5.41, 5.74) is 6.51. The minimum absolute atomic E-state index is 0.268. The maximum absolute atomic E-state index is 11.1. The summed E-state index contributed by atoms with van der Waals surface area (Å²) in [7, 11) is 0. The van der Waals surface area contributed by atoms with Crippen LogP contribution in [-0.2, 0) is 11.2 Å². The lowest BCUT2D eigenvalue weighted by atomic mass is 9.94. The van der Waals surface area contributed by atoms with Crippen molar-refractivity contribution in [2.75, 3.05) is 6.54 Å². The van der Waals surface area contributed by atoms with E-state index in [9.17, 15) is 4.79 Å². The Morgan fingerprint density at radius 1 is 1.18 bits per heavy atom. The molecule has 1 atom stereocenters. The highest BCUT2D eigenvalue weighted by Crippen LogP contribution is 2.16. The first kappa shape index (κ1) is 13.7. The van der Waals surface area contributed by atoms with E-state index in [1.807, 2.05) is 30.3 Å². The van der Waals surface area contributed by atoms with Crippen molar-refractivity contribution < 1.29 is 9.90 Å². The lowest BCUT2D eigenvalue weighted by Gasteiger charge is -2.12. The second-order valence-electron chi connectivity index (χ2n) is 4.36. The highest BCUT2D eigenvalue weighted by atomic mass is 16.4. The van der Waals surface area contributed by atoms with Gasteiger partial charge < -0.3 is 10.8 Å². The van der Waals surface area contributed by atoms with E-state index >= 15 is 0 Å². The van der Waals surface area contributed by atoms with Gasteiger partial charge in [-0.2, -0.15) is 0 Å². The van der Waals surface area contributed by atoms with Crippen molar-refractivity contribution in [2.45, 2.75) is 32.1 Å². The van der Waals surface area contributed by atoms with Crippen LogP contribution in [0.5, 0.6) is 0 Å². The van der Waals surface area contributed by atoms with Crippen LogP contribution in [0, 0.1) is 5.92 Å². The van der Waals surface area contributed by atoms with Gasteiger partial charge in [0.1, 0.15) is 0 Å². The average molecular weight is 235 g/mol. The van der Waals surface area contributed by atoms with E-state index < -0.39 is 5.97 Å². The molecule has 17 heavy (non-hydrogen) atoms. The first-order chi connectivity index (χ1) is 8.24. The summed E-state index contributed by atoms with van der Waals surface area (Å²) >= 11 is 0. The number of hydrogen-bond donors (Lipinski definition) is 2. The van der Waals surface area contributed by atoms with E-state index in [-0.39, 0.29) is 5.92 Å². The largest absolute Gasteiger partial charge is 0.481 e. The molecule has 0 amide bonds. The van der Waals surface area contributed by atoms with Gasteiger partial charge in [-0.05, 0) is 31.4 Å². The first-order valence-corrected chi connectivity index (χ1v) is 6.21. The Balaban J connectivity index is 2.41. The monoisotopic (exact) mass is 235 g/mol. The summed E-state index contributed by atoms with van der Waals surface area (Å²) in [6.45, 7) is 0.691. The average Bonchev–Trinajstić information content (AvgIpc) is 2.34. The van der Waals surface area contributed by atoms with Gasteiger partial charge in [0.2, 0.25) is 0 Å². The molecule has 0 aliphatic rings. The maximum Gasteiger partial charge on any atom is 0.306 e. The van der Waals surface area contributed by atoms with Crippen LogP contribution < -0.4 is 5.73 Å². The van der Waals surface area contributed by atoms with Gasteiger partial charge in [0, 0.05) is 0 Å². The van der Waals surface area contributed by atoms with Gasteiger partial charge in [-0.25, -0.2) is 0 Å². The molecule has 1 aromatic rings. The van der Waals surface area contributed by atoms with Crippen LogP contribution in [0.15, 0.2) is 30.3 Å². The Morgan fingerprint density at radius 3 is 2.47 bits per heavy atom. The molecule has 3 N–H and O–H groups in total. The number of nitrogens with two attached hydrogens (primary N) is 1. The van der Waals surface area contributed by atoms with Crippen molar-refractivity contribution >= 4 is 5.97 Å². The van der Waals surface area contributed by atoms with Gasteiger partial charge in [0.05, 0.1) is 5.92 Å². The van der Waals surface area contributed by atoms with Gasteiger partial charge in [-0.1, -0.05) is 43.2 Å². The fourth-order valence-electron chi connectivity index (χ4n) is 1.92. The van der Waals surface area contributed by atoms with E-state index in [1.165, 1.54) is 0 Å². The minimum Gasteiger partial charge on any atom is -0.481 e. The molecular formula is C14H21NO2. The van der Waals surface area contributed by atoms with Gasteiger partial charge >= 0.3 is 5.97 Å². The number of carbonyl (C=O) groups is 1. The quantitative estimate of drug-likeness (QED) is 0.680. The third-order valence-electron chi connectivity index (χ3n) is 2.93. The summed E-state index contributed by atoms with van der Waals surface area (Å²) < 4.78 is 0. The normalized spacial score (nSPS) is 12.3. The zero-order valence-electron chi connectivity index (χ0n) is 10.1. The second kappa shape index (κ2) is 7.85. The summed E-state index contributed by atoms with van der Waals surface area (Å²) in [6, 6.07) is 9.80. The molecule has 0 unspecified atom stereocenters. The van der Waals surface area contributed by atoms with Crippen LogP contribution in [0.1, 0.15) is 31.2 Å².